The zero-order chi connectivity index (χ0) is 25.5. The molecule has 7 nitrogen and oxygen atoms in total. The number of ether oxygens (including phenoxy) is 1. The van der Waals surface area contributed by atoms with Gasteiger partial charge in [0.1, 0.15) is 11.3 Å². The lowest BCUT2D eigenvalue weighted by molar-refractivity contribution is 0.0970. The highest BCUT2D eigenvalue weighted by atomic mass is 35.5. The summed E-state index contributed by atoms with van der Waals surface area (Å²) in [6.45, 7) is 0. The van der Waals surface area contributed by atoms with E-state index in [0.29, 0.717) is 42.5 Å². The van der Waals surface area contributed by atoms with Crippen LogP contribution in [0, 0.1) is 0 Å². The molecule has 0 N–H and O–H groups in total. The first-order valence-corrected chi connectivity index (χ1v) is 13.5. The predicted molar refractivity (Wildman–Crippen MR) is 145 cm³/mol. The summed E-state index contributed by atoms with van der Waals surface area (Å²) >= 11 is 9.05. The lowest BCUT2D eigenvalue weighted by Crippen LogP contribution is -2.29. The van der Waals surface area contributed by atoms with E-state index in [-0.39, 0.29) is 16.8 Å². The molecule has 184 valence electrons. The molecular formula is C27H18ClN3O4S2. The average molecular weight is 548 g/mol. The Bertz CT molecular complexity index is 1720. The van der Waals surface area contributed by atoms with Gasteiger partial charge in [0.05, 0.1) is 24.1 Å². The van der Waals surface area contributed by atoms with Crippen molar-refractivity contribution in [3.05, 3.63) is 110 Å². The number of para-hydroxylation sites is 1. The van der Waals surface area contributed by atoms with Gasteiger partial charge in [0.15, 0.2) is 9.77 Å². The number of hydrogen-bond donors (Lipinski definition) is 0. The van der Waals surface area contributed by atoms with Crippen molar-refractivity contribution >= 4 is 56.7 Å². The van der Waals surface area contributed by atoms with E-state index in [4.69, 9.17) is 20.8 Å². The van der Waals surface area contributed by atoms with Crippen molar-refractivity contribution in [1.29, 1.82) is 0 Å². The second kappa shape index (κ2) is 9.66. The van der Waals surface area contributed by atoms with Crippen LogP contribution in [0.1, 0.15) is 33.3 Å². The summed E-state index contributed by atoms with van der Waals surface area (Å²) in [7, 11) is 1.57. The van der Waals surface area contributed by atoms with Crippen LogP contribution < -0.4 is 15.1 Å². The number of halogens is 1. The monoisotopic (exact) mass is 547 g/mol. The second-order valence-corrected chi connectivity index (χ2v) is 10.8. The van der Waals surface area contributed by atoms with Gasteiger partial charge in [-0.25, -0.2) is 0 Å². The summed E-state index contributed by atoms with van der Waals surface area (Å²) in [4.78, 5) is 28.9. The van der Waals surface area contributed by atoms with E-state index >= 15 is 0 Å². The molecule has 37 heavy (non-hydrogen) atoms. The maximum Gasteiger partial charge on any atom is 0.297 e. The molecule has 0 saturated heterocycles. The Kier molecular flexibility index (Phi) is 6.19. The maximum atomic E-state index is 13.7. The van der Waals surface area contributed by atoms with Gasteiger partial charge in [0.2, 0.25) is 10.9 Å². The minimum absolute atomic E-state index is 0.0111. The molecule has 3 heterocycles. The van der Waals surface area contributed by atoms with E-state index in [9.17, 15) is 9.59 Å². The number of nitrogens with zero attached hydrogens (tertiary/aromatic N) is 3. The van der Waals surface area contributed by atoms with E-state index in [2.05, 4.69) is 10.2 Å². The first-order valence-electron chi connectivity index (χ1n) is 11.3. The van der Waals surface area contributed by atoms with Crippen molar-refractivity contribution in [3.8, 4) is 5.75 Å². The predicted octanol–water partition coefficient (Wildman–Crippen LogP) is 6.35. The SMILES string of the molecule is COc1cccc(C2c3c(oc4ccccc4c3=O)C(=O)N2c2nnc(SCc3ccccc3Cl)s2)c1. The first-order chi connectivity index (χ1) is 18.0. The third-order valence-corrected chi connectivity index (χ3v) is 8.57. The van der Waals surface area contributed by atoms with Crippen molar-refractivity contribution in [1.82, 2.24) is 10.2 Å². The summed E-state index contributed by atoms with van der Waals surface area (Å²) in [5.74, 6) is 0.783. The molecule has 0 aliphatic carbocycles. The Morgan fingerprint density at radius 2 is 1.86 bits per heavy atom. The molecule has 0 fully saturated rings. The maximum absolute atomic E-state index is 13.7. The quantitative estimate of drug-likeness (QED) is 0.181. The molecule has 2 aromatic heterocycles. The van der Waals surface area contributed by atoms with Gasteiger partial charge in [-0.05, 0) is 41.5 Å². The van der Waals surface area contributed by atoms with E-state index in [1.54, 1.807) is 31.4 Å². The summed E-state index contributed by atoms with van der Waals surface area (Å²) in [6.07, 6.45) is 0. The molecule has 0 radical (unpaired) electrons. The summed E-state index contributed by atoms with van der Waals surface area (Å²) in [6, 6.07) is 21.1. The molecule has 1 aliphatic rings. The minimum Gasteiger partial charge on any atom is -0.497 e. The van der Waals surface area contributed by atoms with Gasteiger partial charge in [0, 0.05) is 10.8 Å². The zero-order valence-corrected chi connectivity index (χ0v) is 21.8. The highest BCUT2D eigenvalue weighted by molar-refractivity contribution is 8.00. The van der Waals surface area contributed by atoms with Crippen molar-refractivity contribution in [3.63, 3.8) is 0 Å². The lowest BCUT2D eigenvalue weighted by Gasteiger charge is -2.22. The van der Waals surface area contributed by atoms with Crippen molar-refractivity contribution in [2.75, 3.05) is 12.0 Å². The number of amides is 1. The third-order valence-electron chi connectivity index (χ3n) is 6.10. The summed E-state index contributed by atoms with van der Waals surface area (Å²) in [5.41, 5.74) is 2.07. The van der Waals surface area contributed by atoms with Crippen LogP contribution in [0.25, 0.3) is 11.0 Å². The second-order valence-electron chi connectivity index (χ2n) is 8.26. The average Bonchev–Trinajstić information content (AvgIpc) is 3.51. The zero-order valence-electron chi connectivity index (χ0n) is 19.4. The number of benzene rings is 3. The number of hydrogen-bond acceptors (Lipinski definition) is 8. The number of rotatable bonds is 6. The van der Waals surface area contributed by atoms with Crippen LogP contribution in [-0.2, 0) is 5.75 Å². The third kappa shape index (κ3) is 4.19. The number of fused-ring (bicyclic) bond motifs is 2. The number of thioether (sulfide) groups is 1. The number of carbonyl (C=O) groups excluding carboxylic acids is 1. The minimum atomic E-state index is -0.743. The normalized spacial score (nSPS) is 14.8. The van der Waals surface area contributed by atoms with Crippen LogP contribution >= 0.6 is 34.7 Å². The fraction of sp³-hybridized carbons (Fsp3) is 0.111. The molecule has 10 heteroatoms. The van der Waals surface area contributed by atoms with Crippen LogP contribution in [0.15, 0.2) is 86.3 Å². The Labute approximate surface area is 224 Å². The van der Waals surface area contributed by atoms with Crippen LogP contribution in [-0.4, -0.2) is 23.2 Å². The fourth-order valence-corrected chi connectivity index (χ4v) is 6.51. The molecule has 5 aromatic rings. The van der Waals surface area contributed by atoms with Crippen LogP contribution in [0.5, 0.6) is 5.75 Å². The molecule has 0 spiro atoms. The van der Waals surface area contributed by atoms with Gasteiger partial charge in [-0.3, -0.25) is 14.5 Å². The Morgan fingerprint density at radius 1 is 1.05 bits per heavy atom. The highest BCUT2D eigenvalue weighted by Gasteiger charge is 2.45. The Hall–Kier alpha value is -3.66. The van der Waals surface area contributed by atoms with Gasteiger partial charge in [0.25, 0.3) is 5.91 Å². The van der Waals surface area contributed by atoms with Crippen molar-refractivity contribution in [2.24, 2.45) is 0 Å². The highest BCUT2D eigenvalue weighted by Crippen LogP contribution is 2.44. The van der Waals surface area contributed by atoms with E-state index in [0.717, 1.165) is 5.56 Å². The first kappa shape index (κ1) is 23.7. The van der Waals surface area contributed by atoms with Gasteiger partial charge in [-0.1, -0.05) is 77.2 Å². The van der Waals surface area contributed by atoms with Gasteiger partial charge < -0.3 is 9.15 Å². The van der Waals surface area contributed by atoms with Crippen molar-refractivity contribution in [2.45, 2.75) is 16.1 Å². The van der Waals surface area contributed by atoms with Gasteiger partial charge in [-0.2, -0.15) is 0 Å². The number of anilines is 1. The van der Waals surface area contributed by atoms with Crippen LogP contribution in [0.2, 0.25) is 5.02 Å². The Balaban J connectivity index is 1.44. The van der Waals surface area contributed by atoms with Crippen LogP contribution in [0.4, 0.5) is 5.13 Å². The Morgan fingerprint density at radius 3 is 2.70 bits per heavy atom. The van der Waals surface area contributed by atoms with Gasteiger partial charge >= 0.3 is 0 Å². The lowest BCUT2D eigenvalue weighted by atomic mass is 9.98. The fourth-order valence-electron chi connectivity index (χ4n) is 4.36. The van der Waals surface area contributed by atoms with Crippen LogP contribution in [0.3, 0.4) is 0 Å². The smallest absolute Gasteiger partial charge is 0.297 e. The summed E-state index contributed by atoms with van der Waals surface area (Å²) < 4.78 is 12.1. The summed E-state index contributed by atoms with van der Waals surface area (Å²) in [5, 5.41) is 10.1. The standard InChI is InChI=1S/C27H18ClN3O4S2/c1-34-17-9-6-8-15(13-17)22-21-23(32)18-10-3-5-12-20(18)35-24(21)25(33)31(22)26-29-30-27(37-26)36-14-16-7-2-4-11-19(16)28/h2-13,22H,14H2,1H3. The van der Waals surface area contributed by atoms with E-state index in [1.807, 2.05) is 48.5 Å². The van der Waals surface area contributed by atoms with Gasteiger partial charge in [-0.15, -0.1) is 10.2 Å². The molecule has 1 atom stereocenters. The van der Waals surface area contributed by atoms with Crippen molar-refractivity contribution < 1.29 is 13.9 Å². The van der Waals surface area contributed by atoms with E-state index in [1.165, 1.54) is 28.0 Å². The largest absolute Gasteiger partial charge is 0.497 e. The number of methoxy groups -OCH3 is 1. The molecule has 3 aromatic carbocycles. The van der Waals surface area contributed by atoms with E-state index < -0.39 is 11.9 Å². The molecule has 6 rings (SSSR count). The number of carbonyl (C=O) groups is 1. The number of aromatic nitrogens is 2. The topological polar surface area (TPSA) is 85.5 Å². The molecule has 1 aliphatic heterocycles. The molecule has 0 saturated carbocycles. The molecular weight excluding hydrogens is 530 g/mol. The molecule has 0 bridgehead atoms. The molecule has 1 unspecified atom stereocenters. The molecule has 1 amide bonds.